The van der Waals surface area contributed by atoms with Crippen molar-refractivity contribution in [3.63, 3.8) is 0 Å². The number of fused-ring (bicyclic) bond motifs is 3. The van der Waals surface area contributed by atoms with E-state index >= 15 is 0 Å². The molecule has 8 aromatic carbocycles. The fourth-order valence-electron chi connectivity index (χ4n) is 8.40. The van der Waals surface area contributed by atoms with Crippen LogP contribution in [0.5, 0.6) is 0 Å². The summed E-state index contributed by atoms with van der Waals surface area (Å²) in [6.07, 6.45) is 2.11. The summed E-state index contributed by atoms with van der Waals surface area (Å²) in [5.74, 6) is 0.912. The fraction of sp³-hybridized carbons (Fsp3) is 0. The minimum Gasteiger partial charge on any atom is -0.299 e. The van der Waals surface area contributed by atoms with E-state index in [1.807, 2.05) is 6.07 Å². The molecule has 4 nitrogen and oxygen atoms in total. The lowest BCUT2D eigenvalue weighted by Gasteiger charge is -2.15. The van der Waals surface area contributed by atoms with Gasteiger partial charge in [-0.25, -0.2) is 9.97 Å². The van der Waals surface area contributed by atoms with Crippen LogP contribution in [-0.2, 0) is 0 Å². The highest BCUT2D eigenvalue weighted by Crippen LogP contribution is 2.40. The molecule has 0 saturated carbocycles. The van der Waals surface area contributed by atoms with Crippen LogP contribution in [0.3, 0.4) is 0 Å². The van der Waals surface area contributed by atoms with Gasteiger partial charge in [0.15, 0.2) is 0 Å². The maximum atomic E-state index is 5.20. The van der Waals surface area contributed by atoms with E-state index in [2.05, 4.69) is 221 Å². The quantitative estimate of drug-likeness (QED) is 0.163. The van der Waals surface area contributed by atoms with Gasteiger partial charge in [-0.2, -0.15) is 0 Å². The van der Waals surface area contributed by atoms with Crippen LogP contribution in [0.1, 0.15) is 0 Å². The van der Waals surface area contributed by atoms with Gasteiger partial charge in [-0.15, -0.1) is 0 Å². The molecule has 0 unspecified atom stereocenters. The second-order valence-electron chi connectivity index (χ2n) is 14.7. The lowest BCUT2D eigenvalue weighted by Crippen LogP contribution is -1.97. The summed E-state index contributed by atoms with van der Waals surface area (Å²) >= 11 is 0. The van der Waals surface area contributed by atoms with E-state index in [0.29, 0.717) is 0 Å². The summed E-state index contributed by atoms with van der Waals surface area (Å²) in [7, 11) is 0. The standard InChI is InChI=1S/C54H36N4/c1-3-17-38(18-4-1)52-53(57-31-12-11-30-51(57)56-52)41-22-13-20-39(32-41)43-34-44(36-45(35-43)48-27-15-19-37-16-7-8-26-47(37)48)40-21-14-23-42(33-40)54-55-49-28-9-10-29-50(49)58(54)46-24-5-2-6-25-46/h1-36H. The monoisotopic (exact) mass is 740 g/mol. The Balaban J connectivity index is 1.10. The third-order valence-electron chi connectivity index (χ3n) is 11.1. The number of hydrogen-bond acceptors (Lipinski definition) is 2. The normalized spacial score (nSPS) is 11.4. The van der Waals surface area contributed by atoms with Crippen LogP contribution in [0.2, 0.25) is 0 Å². The summed E-state index contributed by atoms with van der Waals surface area (Å²) in [5.41, 5.74) is 16.2. The summed E-state index contributed by atoms with van der Waals surface area (Å²) in [4.78, 5) is 10.3. The predicted molar refractivity (Wildman–Crippen MR) is 240 cm³/mol. The Morgan fingerprint density at radius 2 is 0.966 bits per heavy atom. The molecule has 58 heavy (non-hydrogen) atoms. The van der Waals surface area contributed by atoms with E-state index in [1.54, 1.807) is 0 Å². The van der Waals surface area contributed by atoms with E-state index in [1.165, 1.54) is 16.3 Å². The Kier molecular flexibility index (Phi) is 8.11. The van der Waals surface area contributed by atoms with Gasteiger partial charge < -0.3 is 0 Å². The minimum atomic E-state index is 0.912. The van der Waals surface area contributed by atoms with E-state index in [0.717, 1.165) is 84.1 Å². The van der Waals surface area contributed by atoms with Crippen molar-refractivity contribution >= 4 is 27.5 Å². The highest BCUT2D eigenvalue weighted by molar-refractivity contribution is 5.98. The summed E-state index contributed by atoms with van der Waals surface area (Å²) in [6.45, 7) is 0. The zero-order chi connectivity index (χ0) is 38.4. The van der Waals surface area contributed by atoms with E-state index in [4.69, 9.17) is 9.97 Å². The zero-order valence-corrected chi connectivity index (χ0v) is 31.6. The average Bonchev–Trinajstić information content (AvgIpc) is 3.89. The van der Waals surface area contributed by atoms with Crippen molar-refractivity contribution in [1.82, 2.24) is 18.9 Å². The molecule has 0 fully saturated rings. The molecule has 0 atom stereocenters. The lowest BCUT2D eigenvalue weighted by molar-refractivity contribution is 1.10. The van der Waals surface area contributed by atoms with Crippen LogP contribution in [-0.4, -0.2) is 18.9 Å². The number of aromatic nitrogens is 4. The molecule has 11 rings (SSSR count). The molecule has 3 heterocycles. The second kappa shape index (κ2) is 14.0. The maximum absolute atomic E-state index is 5.20. The van der Waals surface area contributed by atoms with Gasteiger partial charge in [-0.1, -0.05) is 146 Å². The predicted octanol–water partition coefficient (Wildman–Crippen LogP) is 13.8. The van der Waals surface area contributed by atoms with Crippen LogP contribution in [0.4, 0.5) is 0 Å². The second-order valence-corrected chi connectivity index (χ2v) is 14.7. The van der Waals surface area contributed by atoms with Crippen molar-refractivity contribution in [2.45, 2.75) is 0 Å². The molecule has 0 bridgehead atoms. The number of para-hydroxylation sites is 3. The lowest BCUT2D eigenvalue weighted by atomic mass is 9.90. The maximum Gasteiger partial charge on any atom is 0.145 e. The van der Waals surface area contributed by atoms with Gasteiger partial charge in [0.25, 0.3) is 0 Å². The molecule has 0 spiro atoms. The van der Waals surface area contributed by atoms with Crippen molar-refractivity contribution in [2.24, 2.45) is 0 Å². The molecule has 0 amide bonds. The van der Waals surface area contributed by atoms with Crippen LogP contribution >= 0.6 is 0 Å². The smallest absolute Gasteiger partial charge is 0.145 e. The molecule has 272 valence electrons. The van der Waals surface area contributed by atoms with Crippen molar-refractivity contribution in [3.8, 4) is 73.0 Å². The van der Waals surface area contributed by atoms with Crippen molar-refractivity contribution < 1.29 is 0 Å². The first kappa shape index (κ1) is 33.5. The van der Waals surface area contributed by atoms with Crippen LogP contribution in [0.25, 0.3) is 100 Å². The first-order valence-corrected chi connectivity index (χ1v) is 19.7. The van der Waals surface area contributed by atoms with Crippen molar-refractivity contribution in [2.75, 3.05) is 0 Å². The van der Waals surface area contributed by atoms with Crippen LogP contribution in [0, 0.1) is 0 Å². The van der Waals surface area contributed by atoms with Gasteiger partial charge in [0, 0.05) is 28.6 Å². The first-order chi connectivity index (χ1) is 28.7. The van der Waals surface area contributed by atoms with Gasteiger partial charge in [0.2, 0.25) is 0 Å². The Morgan fingerprint density at radius 1 is 0.379 bits per heavy atom. The third-order valence-corrected chi connectivity index (χ3v) is 11.1. The SMILES string of the molecule is c1ccc(-c2nc3ccccn3c2-c2cccc(-c3cc(-c4cccc(-c5nc6ccccc6n5-c5ccccc5)c4)cc(-c4cccc5ccccc45)c3)c2)cc1. The summed E-state index contributed by atoms with van der Waals surface area (Å²) in [6, 6.07) is 75.5. The van der Waals surface area contributed by atoms with Crippen molar-refractivity contribution in [1.29, 1.82) is 0 Å². The summed E-state index contributed by atoms with van der Waals surface area (Å²) in [5, 5.41) is 2.45. The Morgan fingerprint density at radius 3 is 1.79 bits per heavy atom. The molecule has 0 radical (unpaired) electrons. The highest BCUT2D eigenvalue weighted by atomic mass is 15.1. The molecule has 0 saturated heterocycles. The Hall–Kier alpha value is -7.82. The number of pyridine rings is 1. The topological polar surface area (TPSA) is 35.1 Å². The molecule has 0 aliphatic carbocycles. The number of benzene rings is 8. The first-order valence-electron chi connectivity index (χ1n) is 19.7. The fourth-order valence-corrected chi connectivity index (χ4v) is 8.40. The van der Waals surface area contributed by atoms with Crippen LogP contribution in [0.15, 0.2) is 219 Å². The summed E-state index contributed by atoms with van der Waals surface area (Å²) < 4.78 is 4.47. The molecule has 0 aliphatic rings. The minimum absolute atomic E-state index is 0.912. The van der Waals surface area contributed by atoms with Gasteiger partial charge >= 0.3 is 0 Å². The zero-order valence-electron chi connectivity index (χ0n) is 31.6. The molecule has 11 aromatic rings. The number of hydrogen-bond donors (Lipinski definition) is 0. The highest BCUT2D eigenvalue weighted by Gasteiger charge is 2.19. The van der Waals surface area contributed by atoms with E-state index in [9.17, 15) is 0 Å². The number of rotatable bonds is 7. The molecule has 3 aromatic heterocycles. The number of nitrogens with zero attached hydrogens (tertiary/aromatic N) is 4. The average molecular weight is 741 g/mol. The molecular weight excluding hydrogens is 705 g/mol. The molecule has 0 N–H and O–H groups in total. The van der Waals surface area contributed by atoms with E-state index < -0.39 is 0 Å². The third kappa shape index (κ3) is 5.87. The molecule has 0 aliphatic heterocycles. The van der Waals surface area contributed by atoms with Gasteiger partial charge in [0.05, 0.1) is 22.4 Å². The Labute approximate surface area is 336 Å². The molecular formula is C54H36N4. The molecule has 4 heteroatoms. The number of imidazole rings is 2. The van der Waals surface area contributed by atoms with E-state index in [-0.39, 0.29) is 0 Å². The van der Waals surface area contributed by atoms with Gasteiger partial charge in [-0.05, 0) is 111 Å². The Bertz CT molecular complexity index is 3280. The van der Waals surface area contributed by atoms with Gasteiger partial charge in [0.1, 0.15) is 11.5 Å². The van der Waals surface area contributed by atoms with Crippen LogP contribution < -0.4 is 0 Å². The van der Waals surface area contributed by atoms with Gasteiger partial charge in [-0.3, -0.25) is 8.97 Å². The largest absolute Gasteiger partial charge is 0.299 e. The van der Waals surface area contributed by atoms with Crippen molar-refractivity contribution in [3.05, 3.63) is 219 Å².